The quantitative estimate of drug-likeness (QED) is 0.755. The van der Waals surface area contributed by atoms with Crippen molar-refractivity contribution in [2.75, 3.05) is 20.8 Å². The molecule has 1 aromatic rings. The van der Waals surface area contributed by atoms with Crippen LogP contribution >= 0.6 is 0 Å². The minimum Gasteiger partial charge on any atom is -0.493 e. The van der Waals surface area contributed by atoms with E-state index in [0.717, 1.165) is 18.4 Å². The Balaban J connectivity index is 1.70. The number of nitrogens with one attached hydrogen (secondary N) is 2. The molecule has 0 saturated heterocycles. The summed E-state index contributed by atoms with van der Waals surface area (Å²) in [6.07, 6.45) is 6.57. The van der Waals surface area contributed by atoms with Crippen molar-refractivity contribution in [2.24, 2.45) is 0 Å². The van der Waals surface area contributed by atoms with Gasteiger partial charge in [-0.1, -0.05) is 25.3 Å². The maximum atomic E-state index is 11.9. The van der Waals surface area contributed by atoms with Crippen molar-refractivity contribution in [1.82, 2.24) is 10.6 Å². The maximum absolute atomic E-state index is 11.9. The minimum atomic E-state index is -0.131. The second kappa shape index (κ2) is 9.91. The summed E-state index contributed by atoms with van der Waals surface area (Å²) >= 11 is 0. The van der Waals surface area contributed by atoms with E-state index in [-0.39, 0.29) is 24.4 Å². The van der Waals surface area contributed by atoms with Crippen LogP contribution in [0.1, 0.15) is 44.1 Å². The van der Waals surface area contributed by atoms with E-state index in [4.69, 9.17) is 9.47 Å². The van der Waals surface area contributed by atoms with E-state index < -0.39 is 0 Å². The molecule has 0 spiro atoms. The third-order valence-corrected chi connectivity index (χ3v) is 4.51. The Morgan fingerprint density at radius 3 is 2.44 bits per heavy atom. The predicted octanol–water partition coefficient (Wildman–Crippen LogP) is 2.20. The number of amides is 2. The fourth-order valence-corrected chi connectivity index (χ4v) is 3.09. The summed E-state index contributed by atoms with van der Waals surface area (Å²) < 4.78 is 10.5. The fourth-order valence-electron chi connectivity index (χ4n) is 3.09. The Hall–Kier alpha value is -2.24. The highest BCUT2D eigenvalue weighted by molar-refractivity contribution is 5.84. The molecule has 138 valence electrons. The summed E-state index contributed by atoms with van der Waals surface area (Å²) in [5, 5.41) is 5.68. The number of carbonyl (C=O) groups is 2. The van der Waals surface area contributed by atoms with Gasteiger partial charge in [-0.05, 0) is 37.0 Å². The van der Waals surface area contributed by atoms with Gasteiger partial charge in [0.15, 0.2) is 11.5 Å². The molecule has 1 saturated carbocycles. The molecule has 0 radical (unpaired) electrons. The number of hydrogen-bond donors (Lipinski definition) is 2. The van der Waals surface area contributed by atoms with Gasteiger partial charge in [-0.3, -0.25) is 9.59 Å². The second-order valence-corrected chi connectivity index (χ2v) is 6.37. The lowest BCUT2D eigenvalue weighted by atomic mass is 9.95. The summed E-state index contributed by atoms with van der Waals surface area (Å²) in [6.45, 7) is 0.0429. The molecule has 1 fully saturated rings. The standard InChI is InChI=1S/C19H28N2O4/c1-24-16-10-8-14(12-17(16)25-2)9-11-18(22)20-13-19(23)21-15-6-4-3-5-7-15/h8,10,12,15H,3-7,9,11,13H2,1-2H3,(H,20,22)(H,21,23). The highest BCUT2D eigenvalue weighted by Crippen LogP contribution is 2.27. The van der Waals surface area contributed by atoms with Gasteiger partial charge in [-0.25, -0.2) is 0 Å². The average molecular weight is 348 g/mol. The normalized spacial score (nSPS) is 14.6. The molecule has 0 aliphatic heterocycles. The number of methoxy groups -OCH3 is 2. The monoisotopic (exact) mass is 348 g/mol. The molecule has 6 heteroatoms. The van der Waals surface area contributed by atoms with Crippen LogP contribution < -0.4 is 20.1 Å². The Labute approximate surface area is 149 Å². The second-order valence-electron chi connectivity index (χ2n) is 6.37. The average Bonchev–Trinajstić information content (AvgIpc) is 2.65. The molecule has 25 heavy (non-hydrogen) atoms. The smallest absolute Gasteiger partial charge is 0.239 e. The zero-order valence-corrected chi connectivity index (χ0v) is 15.1. The van der Waals surface area contributed by atoms with Crippen molar-refractivity contribution in [3.05, 3.63) is 23.8 Å². The molecule has 2 N–H and O–H groups in total. The van der Waals surface area contributed by atoms with Crippen molar-refractivity contribution >= 4 is 11.8 Å². The third kappa shape index (κ3) is 6.29. The first-order chi connectivity index (χ1) is 12.1. The predicted molar refractivity (Wildman–Crippen MR) is 95.9 cm³/mol. The first-order valence-electron chi connectivity index (χ1n) is 8.89. The van der Waals surface area contributed by atoms with E-state index >= 15 is 0 Å². The van der Waals surface area contributed by atoms with Crippen LogP contribution in [0.25, 0.3) is 0 Å². The number of rotatable bonds is 8. The Bertz CT molecular complexity index is 583. The molecular weight excluding hydrogens is 320 g/mol. The molecule has 1 aromatic carbocycles. The molecule has 0 aromatic heterocycles. The number of benzene rings is 1. The Morgan fingerprint density at radius 2 is 1.76 bits per heavy atom. The van der Waals surface area contributed by atoms with Gasteiger partial charge in [-0.15, -0.1) is 0 Å². The summed E-state index contributed by atoms with van der Waals surface area (Å²) in [4.78, 5) is 23.8. The van der Waals surface area contributed by atoms with E-state index in [9.17, 15) is 9.59 Å². The van der Waals surface area contributed by atoms with E-state index in [1.54, 1.807) is 14.2 Å². The van der Waals surface area contributed by atoms with Crippen molar-refractivity contribution in [1.29, 1.82) is 0 Å². The van der Waals surface area contributed by atoms with E-state index in [1.807, 2.05) is 18.2 Å². The van der Waals surface area contributed by atoms with Crippen molar-refractivity contribution in [2.45, 2.75) is 51.0 Å². The van der Waals surface area contributed by atoms with E-state index in [0.29, 0.717) is 24.3 Å². The summed E-state index contributed by atoms with van der Waals surface area (Å²) in [6, 6.07) is 5.86. The number of ether oxygens (including phenoxy) is 2. The van der Waals surface area contributed by atoms with Crippen LogP contribution in [0.4, 0.5) is 0 Å². The van der Waals surface area contributed by atoms with Crippen LogP contribution in [-0.2, 0) is 16.0 Å². The number of hydrogen-bond acceptors (Lipinski definition) is 4. The zero-order chi connectivity index (χ0) is 18.1. The summed E-state index contributed by atoms with van der Waals surface area (Å²) in [5.74, 6) is 1.07. The molecular formula is C19H28N2O4. The molecule has 6 nitrogen and oxygen atoms in total. The summed E-state index contributed by atoms with van der Waals surface area (Å²) in [7, 11) is 3.17. The van der Waals surface area contributed by atoms with Gasteiger partial charge >= 0.3 is 0 Å². The van der Waals surface area contributed by atoms with Crippen molar-refractivity contribution in [3.63, 3.8) is 0 Å². The van der Waals surface area contributed by atoms with Gasteiger partial charge in [0.05, 0.1) is 20.8 Å². The minimum absolute atomic E-state index is 0.0429. The van der Waals surface area contributed by atoms with Gasteiger partial charge < -0.3 is 20.1 Å². The lowest BCUT2D eigenvalue weighted by Crippen LogP contribution is -2.42. The zero-order valence-electron chi connectivity index (χ0n) is 15.1. The molecule has 0 atom stereocenters. The highest BCUT2D eigenvalue weighted by Gasteiger charge is 2.16. The van der Waals surface area contributed by atoms with Crippen LogP contribution in [0, 0.1) is 0 Å². The van der Waals surface area contributed by atoms with Gasteiger partial charge in [0, 0.05) is 12.5 Å². The van der Waals surface area contributed by atoms with Gasteiger partial charge in [0.1, 0.15) is 0 Å². The number of aryl methyl sites for hydroxylation is 1. The Morgan fingerprint density at radius 1 is 1.04 bits per heavy atom. The SMILES string of the molecule is COc1ccc(CCC(=O)NCC(=O)NC2CCCCC2)cc1OC. The maximum Gasteiger partial charge on any atom is 0.239 e. The third-order valence-electron chi connectivity index (χ3n) is 4.51. The molecule has 0 heterocycles. The topological polar surface area (TPSA) is 76.7 Å². The van der Waals surface area contributed by atoms with Crippen LogP contribution in [0.5, 0.6) is 11.5 Å². The number of carbonyl (C=O) groups excluding carboxylic acids is 2. The van der Waals surface area contributed by atoms with Gasteiger partial charge in [-0.2, -0.15) is 0 Å². The van der Waals surface area contributed by atoms with Crippen molar-refractivity contribution < 1.29 is 19.1 Å². The van der Waals surface area contributed by atoms with Crippen LogP contribution in [0.2, 0.25) is 0 Å². The highest BCUT2D eigenvalue weighted by atomic mass is 16.5. The Kier molecular flexibility index (Phi) is 7.57. The molecule has 2 amide bonds. The van der Waals surface area contributed by atoms with Gasteiger partial charge in [0.2, 0.25) is 11.8 Å². The molecule has 0 unspecified atom stereocenters. The molecule has 2 rings (SSSR count). The molecule has 1 aliphatic carbocycles. The fraction of sp³-hybridized carbons (Fsp3) is 0.579. The summed E-state index contributed by atoms with van der Waals surface area (Å²) in [5.41, 5.74) is 0.986. The van der Waals surface area contributed by atoms with Crippen LogP contribution in [0.15, 0.2) is 18.2 Å². The van der Waals surface area contributed by atoms with E-state index in [1.165, 1.54) is 19.3 Å². The van der Waals surface area contributed by atoms with Crippen LogP contribution in [-0.4, -0.2) is 38.6 Å². The lowest BCUT2D eigenvalue weighted by Gasteiger charge is -2.22. The first kappa shape index (κ1) is 19.1. The first-order valence-corrected chi connectivity index (χ1v) is 8.89. The van der Waals surface area contributed by atoms with Crippen molar-refractivity contribution in [3.8, 4) is 11.5 Å². The van der Waals surface area contributed by atoms with Gasteiger partial charge in [0.25, 0.3) is 0 Å². The lowest BCUT2D eigenvalue weighted by molar-refractivity contribution is -0.126. The molecule has 0 bridgehead atoms. The largest absolute Gasteiger partial charge is 0.493 e. The molecule has 1 aliphatic rings. The van der Waals surface area contributed by atoms with Crippen LogP contribution in [0.3, 0.4) is 0 Å². The van der Waals surface area contributed by atoms with E-state index in [2.05, 4.69) is 10.6 Å².